The van der Waals surface area contributed by atoms with Crippen LogP contribution in [0.25, 0.3) is 11.1 Å². The summed E-state index contributed by atoms with van der Waals surface area (Å²) in [5.74, 6) is 6.27. The molecule has 2 heterocycles. The molecule has 14 rings (SSSR count). The van der Waals surface area contributed by atoms with Crippen LogP contribution in [0.5, 0.6) is 34.6 Å². The predicted octanol–water partition coefficient (Wildman–Crippen LogP) is 33.1. The molecule has 2 N–H and O–H groups in total. The van der Waals surface area contributed by atoms with Crippen LogP contribution >= 0.6 is 0 Å². The minimum absolute atomic E-state index is 0.259. The third-order valence-corrected chi connectivity index (χ3v) is 18.7. The van der Waals surface area contributed by atoms with Crippen molar-refractivity contribution >= 4 is 22.7 Å². The lowest BCUT2D eigenvalue weighted by molar-refractivity contribution is 0.405. The monoisotopic (exact) mass is 1640 g/mol. The van der Waals surface area contributed by atoms with Gasteiger partial charge < -0.3 is 24.8 Å². The van der Waals surface area contributed by atoms with E-state index in [1.807, 2.05) is 164 Å². The Kier molecular flexibility index (Phi) is 38.5. The highest BCUT2D eigenvalue weighted by Gasteiger charge is 2.17. The second-order valence-corrected chi connectivity index (χ2v) is 38.7. The number of anilines is 4. The SMILES string of the molecule is CC(C)(C)Cc1ccc(-c2ccccc2)cc1.CC(C)(C)Cc1ccc(Oc2ccccc2)cc1.CC(C)(C)Cc1ccc(Oc2ccccc2)cn1.CC(C)(C)Cc1ccc(Oc2ccccc2)nc1.CC(C)(C)Cc1cccc(Nc2ccccc2)c1.CC(C)Cc1ccc(Cc2ccccc2)cc1.CC(C)Cc1ccc(Nc2ccccc2)cc1. The zero-order chi connectivity index (χ0) is 88.5. The van der Waals surface area contributed by atoms with Crippen LogP contribution < -0.4 is 24.8 Å². The Morgan fingerprint density at radius 2 is 0.553 bits per heavy atom. The molecule has 2 aromatic heterocycles. The van der Waals surface area contributed by atoms with E-state index in [0.717, 1.165) is 108 Å². The molecule has 640 valence electrons. The van der Waals surface area contributed by atoms with Crippen molar-refractivity contribution in [2.75, 3.05) is 10.6 Å². The van der Waals surface area contributed by atoms with Crippen molar-refractivity contribution in [3.05, 3.63) is 421 Å². The summed E-state index contributed by atoms with van der Waals surface area (Å²) in [6.45, 7) is 42.7. The molecule has 0 bridgehead atoms. The Bertz CT molecular complexity index is 4830. The molecular weight excluding hydrogens is 1500 g/mol. The third kappa shape index (κ3) is 41.9. The van der Waals surface area contributed by atoms with Crippen LogP contribution in [0.1, 0.15) is 182 Å². The molecule has 0 aliphatic rings. The van der Waals surface area contributed by atoms with Crippen molar-refractivity contribution in [2.24, 2.45) is 38.9 Å². The van der Waals surface area contributed by atoms with Crippen molar-refractivity contribution in [3.63, 3.8) is 0 Å². The molecule has 7 heteroatoms. The summed E-state index contributed by atoms with van der Waals surface area (Å²) in [5, 5.41) is 6.81. The first-order valence-corrected chi connectivity index (χ1v) is 43.9. The highest BCUT2D eigenvalue weighted by molar-refractivity contribution is 5.64. The molecule has 0 atom stereocenters. The predicted molar refractivity (Wildman–Crippen MR) is 527 cm³/mol. The lowest BCUT2D eigenvalue weighted by Gasteiger charge is -2.18. The number of para-hydroxylation sites is 5. The average Bonchev–Trinajstić information content (AvgIpc) is 0.864. The maximum atomic E-state index is 5.76. The summed E-state index contributed by atoms with van der Waals surface area (Å²) in [7, 11) is 0. The van der Waals surface area contributed by atoms with Crippen LogP contribution in [-0.4, -0.2) is 9.97 Å². The van der Waals surface area contributed by atoms with E-state index in [2.05, 4.69) is 352 Å². The number of ether oxygens (including phenoxy) is 3. The number of rotatable bonds is 22. The van der Waals surface area contributed by atoms with Gasteiger partial charge in [0.15, 0.2) is 0 Å². The molecule has 0 unspecified atom stereocenters. The molecular formula is C116H138N4O3. The van der Waals surface area contributed by atoms with Gasteiger partial charge in [-0.1, -0.05) is 374 Å². The van der Waals surface area contributed by atoms with Crippen LogP contribution in [0, 0.1) is 38.9 Å². The van der Waals surface area contributed by atoms with E-state index in [1.54, 1.807) is 6.20 Å². The summed E-state index contributed by atoms with van der Waals surface area (Å²) < 4.78 is 17.1. The van der Waals surface area contributed by atoms with Crippen molar-refractivity contribution in [1.29, 1.82) is 0 Å². The van der Waals surface area contributed by atoms with E-state index in [1.165, 1.54) is 62.1 Å². The summed E-state index contributed by atoms with van der Waals surface area (Å²) in [5.41, 5.74) is 20.8. The molecule has 14 aromatic rings. The number of nitrogens with zero attached hydrogens (tertiary/aromatic N) is 2. The van der Waals surface area contributed by atoms with Gasteiger partial charge >= 0.3 is 0 Å². The molecule has 0 fully saturated rings. The van der Waals surface area contributed by atoms with Gasteiger partial charge in [0.2, 0.25) is 5.88 Å². The lowest BCUT2D eigenvalue weighted by atomic mass is 9.87. The first kappa shape index (κ1) is 96.4. The summed E-state index contributed by atoms with van der Waals surface area (Å²) in [4.78, 5) is 8.77. The van der Waals surface area contributed by atoms with Crippen molar-refractivity contribution in [2.45, 2.75) is 183 Å². The molecule has 0 radical (unpaired) electrons. The Hall–Kier alpha value is -12.1. The molecule has 12 aromatic carbocycles. The van der Waals surface area contributed by atoms with E-state index in [-0.39, 0.29) is 10.8 Å². The van der Waals surface area contributed by atoms with Gasteiger partial charge in [0.1, 0.15) is 28.7 Å². The Balaban J connectivity index is 0.000000178. The lowest BCUT2D eigenvalue weighted by Crippen LogP contribution is -2.10. The van der Waals surface area contributed by atoms with Crippen LogP contribution in [0.4, 0.5) is 22.7 Å². The van der Waals surface area contributed by atoms with E-state index in [4.69, 9.17) is 14.2 Å². The molecule has 7 nitrogen and oxygen atoms in total. The molecule has 0 aliphatic carbocycles. The Morgan fingerprint density at radius 1 is 0.236 bits per heavy atom. The van der Waals surface area contributed by atoms with Gasteiger partial charge in [0.25, 0.3) is 0 Å². The van der Waals surface area contributed by atoms with Crippen LogP contribution in [0.2, 0.25) is 0 Å². The first-order valence-electron chi connectivity index (χ1n) is 43.9. The minimum Gasteiger partial charge on any atom is -0.457 e. The van der Waals surface area contributed by atoms with E-state index in [9.17, 15) is 0 Å². The number of benzene rings is 12. The fourth-order valence-electron chi connectivity index (χ4n) is 13.6. The van der Waals surface area contributed by atoms with Gasteiger partial charge in [-0.3, -0.25) is 4.98 Å². The van der Waals surface area contributed by atoms with Crippen molar-refractivity contribution in [3.8, 4) is 45.8 Å². The smallest absolute Gasteiger partial charge is 0.219 e. The number of nitrogens with one attached hydrogen (secondary N) is 2. The third-order valence-electron chi connectivity index (χ3n) is 18.7. The van der Waals surface area contributed by atoms with Crippen LogP contribution in [-0.2, 0) is 51.4 Å². The summed E-state index contributed by atoms with van der Waals surface area (Å²) in [6.07, 6.45) is 12.3. The molecule has 0 amide bonds. The number of hydrogen-bond donors (Lipinski definition) is 2. The zero-order valence-corrected chi connectivity index (χ0v) is 77.1. The second kappa shape index (κ2) is 49.1. The first-order chi connectivity index (χ1) is 58.6. The molecule has 0 saturated carbocycles. The number of hydrogen-bond acceptors (Lipinski definition) is 7. The average molecular weight is 1640 g/mol. The van der Waals surface area contributed by atoms with Gasteiger partial charge in [-0.25, -0.2) is 4.98 Å². The van der Waals surface area contributed by atoms with Crippen LogP contribution in [0.3, 0.4) is 0 Å². The minimum atomic E-state index is 0.259. The quantitative estimate of drug-likeness (QED) is 0.0700. The van der Waals surface area contributed by atoms with Crippen LogP contribution in [0.15, 0.2) is 370 Å². The largest absolute Gasteiger partial charge is 0.457 e. The zero-order valence-electron chi connectivity index (χ0n) is 77.1. The maximum absolute atomic E-state index is 5.76. The highest BCUT2D eigenvalue weighted by Crippen LogP contribution is 2.31. The topological polar surface area (TPSA) is 77.5 Å². The van der Waals surface area contributed by atoms with E-state index >= 15 is 0 Å². The van der Waals surface area contributed by atoms with Gasteiger partial charge in [-0.2, -0.15) is 0 Å². The summed E-state index contributed by atoms with van der Waals surface area (Å²) in [6, 6.07) is 123. The van der Waals surface area contributed by atoms with E-state index in [0.29, 0.717) is 28.0 Å². The highest BCUT2D eigenvalue weighted by atomic mass is 16.5. The maximum Gasteiger partial charge on any atom is 0.219 e. The molecule has 0 aliphatic heterocycles. The van der Waals surface area contributed by atoms with Gasteiger partial charge in [-0.05, 0) is 255 Å². The Labute approximate surface area is 740 Å². The fraction of sp³-hybridized carbons (Fsp3) is 0.293. The van der Waals surface area contributed by atoms with Gasteiger partial charge in [0.05, 0.1) is 6.20 Å². The normalized spacial score (nSPS) is 11.1. The molecule has 0 saturated heterocycles. The number of pyridine rings is 2. The van der Waals surface area contributed by atoms with E-state index < -0.39 is 0 Å². The number of aromatic nitrogens is 2. The standard InChI is InChI=1S/C17H21N.C17H20O.2C17H20.2C16H19NO.C16H19N/c1-17(2,3)13-14-8-7-11-16(12-14)18-15-9-5-4-6-10-15;1-17(2,3)13-14-9-11-16(12-10-14)18-15-7-5-4-6-8-15;1-17(2,3)13-14-9-11-16(12-10-14)15-7-5-4-6-8-15;1-14(2)12-16-8-10-17(11-9-16)13-15-6-4-3-5-7-15;1-16(2,3)11-13-9-10-15(12-17-13)18-14-7-5-4-6-8-14;1-16(2,3)11-13-9-10-15(17-12-13)18-14-7-5-4-6-8-14;1-13(2)12-14-8-10-16(11-9-14)17-15-6-4-3-5-7-15/h4-12,18H,13H2,1-3H3;4-12H,13H2,1-3H3;4-12H,13H2,1-3H3;3-11,14H,12-13H2,1-2H3;2*4-10,12H,11H2,1-3H3;3-11,13,17H,12H2,1-2H3. The fourth-order valence-corrected chi connectivity index (χ4v) is 13.6. The summed E-state index contributed by atoms with van der Waals surface area (Å²) >= 11 is 0. The van der Waals surface area contributed by atoms with Gasteiger partial charge in [0, 0.05) is 40.7 Å². The van der Waals surface area contributed by atoms with Gasteiger partial charge in [-0.15, -0.1) is 0 Å². The molecule has 0 spiro atoms. The van der Waals surface area contributed by atoms with Crippen molar-refractivity contribution in [1.82, 2.24) is 9.97 Å². The van der Waals surface area contributed by atoms with Crippen molar-refractivity contribution < 1.29 is 14.2 Å². The Morgan fingerprint density at radius 3 is 0.984 bits per heavy atom. The molecule has 123 heavy (non-hydrogen) atoms. The second-order valence-electron chi connectivity index (χ2n) is 38.7.